The summed E-state index contributed by atoms with van der Waals surface area (Å²) in [5.74, 6) is -2.13. The van der Waals surface area contributed by atoms with Crippen LogP contribution in [-0.2, 0) is 6.42 Å². The summed E-state index contributed by atoms with van der Waals surface area (Å²) < 4.78 is 26.5. The second-order valence-corrected chi connectivity index (χ2v) is 5.95. The number of hydrogen-bond acceptors (Lipinski definition) is 1. The summed E-state index contributed by atoms with van der Waals surface area (Å²) in [5.41, 5.74) is 2.57. The van der Waals surface area contributed by atoms with E-state index >= 15 is 0 Å². The Balaban J connectivity index is 2.04. The molecule has 1 atom stereocenters. The highest BCUT2D eigenvalue weighted by atomic mass is 19.3. The first-order chi connectivity index (χ1) is 9.55. The molecule has 1 aliphatic rings. The lowest BCUT2D eigenvalue weighted by atomic mass is 9.79. The topological polar surface area (TPSA) is 12.0 Å². The number of hydrogen-bond donors (Lipinski definition) is 1. The molecule has 112 valence electrons. The molecule has 1 saturated carbocycles. The fraction of sp³-hybridized carbons (Fsp3) is 0.647. The zero-order valence-electron chi connectivity index (χ0n) is 12.5. The van der Waals surface area contributed by atoms with E-state index in [1.807, 2.05) is 7.05 Å². The summed E-state index contributed by atoms with van der Waals surface area (Å²) in [4.78, 5) is 0. The van der Waals surface area contributed by atoms with Crippen molar-refractivity contribution in [2.45, 2.75) is 57.4 Å². The van der Waals surface area contributed by atoms with Gasteiger partial charge in [-0.2, -0.15) is 0 Å². The lowest BCUT2D eigenvalue weighted by Gasteiger charge is -2.34. The highest BCUT2D eigenvalue weighted by molar-refractivity contribution is 5.25. The summed E-state index contributed by atoms with van der Waals surface area (Å²) in [6, 6.07) is 8.83. The van der Waals surface area contributed by atoms with Gasteiger partial charge in [-0.3, -0.25) is 0 Å². The molecule has 2 rings (SSSR count). The first-order valence-corrected chi connectivity index (χ1v) is 7.69. The van der Waals surface area contributed by atoms with Gasteiger partial charge < -0.3 is 5.32 Å². The van der Waals surface area contributed by atoms with Crippen LogP contribution in [-0.4, -0.2) is 13.0 Å². The van der Waals surface area contributed by atoms with Crippen LogP contribution in [0, 0.1) is 5.92 Å². The Kier molecular flexibility index (Phi) is 5.14. The summed E-state index contributed by atoms with van der Waals surface area (Å²) >= 11 is 0. The Bertz CT molecular complexity index is 404. The van der Waals surface area contributed by atoms with Crippen molar-refractivity contribution in [3.05, 3.63) is 35.4 Å². The molecule has 0 radical (unpaired) electrons. The standard InChI is InChI=1S/C17H25F2N/c1-3-4-13-5-7-14(8-6-13)16(20-2)15-9-11-17(18,19)12-10-15/h5-8,15-16,20H,3-4,9-12H2,1-2H3. The Morgan fingerprint density at radius 1 is 1.20 bits per heavy atom. The maximum Gasteiger partial charge on any atom is 0.248 e. The largest absolute Gasteiger partial charge is 0.313 e. The van der Waals surface area contributed by atoms with Crippen molar-refractivity contribution >= 4 is 0 Å². The summed E-state index contributed by atoms with van der Waals surface area (Å²) in [5, 5.41) is 3.32. The lowest BCUT2D eigenvalue weighted by molar-refractivity contribution is -0.0495. The van der Waals surface area contributed by atoms with Crippen molar-refractivity contribution in [3.8, 4) is 0 Å². The van der Waals surface area contributed by atoms with Crippen LogP contribution in [0.4, 0.5) is 8.78 Å². The average Bonchev–Trinajstić information content (AvgIpc) is 2.43. The number of benzene rings is 1. The quantitative estimate of drug-likeness (QED) is 0.823. The summed E-state index contributed by atoms with van der Waals surface area (Å²) in [6.07, 6.45) is 3.52. The van der Waals surface area contributed by atoms with E-state index in [4.69, 9.17) is 0 Å². The molecule has 3 heteroatoms. The molecule has 1 aromatic carbocycles. The van der Waals surface area contributed by atoms with Crippen LogP contribution in [0.15, 0.2) is 24.3 Å². The smallest absolute Gasteiger partial charge is 0.248 e. The first-order valence-electron chi connectivity index (χ1n) is 7.69. The van der Waals surface area contributed by atoms with Crippen molar-refractivity contribution in [3.63, 3.8) is 0 Å². The Morgan fingerprint density at radius 3 is 2.30 bits per heavy atom. The molecule has 0 saturated heterocycles. The van der Waals surface area contributed by atoms with Crippen molar-refractivity contribution in [1.29, 1.82) is 0 Å². The second kappa shape index (κ2) is 6.66. The molecular weight excluding hydrogens is 256 g/mol. The molecule has 0 aliphatic heterocycles. The first kappa shape index (κ1) is 15.4. The van der Waals surface area contributed by atoms with Crippen LogP contribution in [0.1, 0.15) is 56.2 Å². The maximum atomic E-state index is 13.3. The van der Waals surface area contributed by atoms with Gasteiger partial charge >= 0.3 is 0 Å². The lowest BCUT2D eigenvalue weighted by Crippen LogP contribution is -2.32. The molecule has 20 heavy (non-hydrogen) atoms. The van der Waals surface area contributed by atoms with E-state index in [2.05, 4.69) is 36.5 Å². The molecule has 0 aromatic heterocycles. The minimum Gasteiger partial charge on any atom is -0.313 e. The molecule has 0 spiro atoms. The molecule has 1 aliphatic carbocycles. The Hall–Kier alpha value is -0.960. The van der Waals surface area contributed by atoms with E-state index in [0.29, 0.717) is 18.8 Å². The van der Waals surface area contributed by atoms with E-state index in [-0.39, 0.29) is 18.9 Å². The van der Waals surface area contributed by atoms with Gasteiger partial charge in [0.15, 0.2) is 0 Å². The number of alkyl halides is 2. The van der Waals surface area contributed by atoms with Gasteiger partial charge in [-0.05, 0) is 43.4 Å². The van der Waals surface area contributed by atoms with Crippen LogP contribution >= 0.6 is 0 Å². The number of nitrogens with one attached hydrogen (secondary N) is 1. The highest BCUT2D eigenvalue weighted by Crippen LogP contribution is 2.41. The van der Waals surface area contributed by atoms with Gasteiger partial charge in [-0.15, -0.1) is 0 Å². The van der Waals surface area contributed by atoms with Gasteiger partial charge in [0.05, 0.1) is 0 Å². The Labute approximate surface area is 120 Å². The average molecular weight is 281 g/mol. The van der Waals surface area contributed by atoms with Crippen LogP contribution < -0.4 is 5.32 Å². The van der Waals surface area contributed by atoms with Crippen molar-refractivity contribution in [2.24, 2.45) is 5.92 Å². The Morgan fingerprint density at radius 2 is 1.80 bits per heavy atom. The molecule has 1 N–H and O–H groups in total. The third kappa shape index (κ3) is 3.78. The summed E-state index contributed by atoms with van der Waals surface area (Å²) in [6.45, 7) is 2.17. The van der Waals surface area contributed by atoms with Crippen molar-refractivity contribution in [2.75, 3.05) is 7.05 Å². The highest BCUT2D eigenvalue weighted by Gasteiger charge is 2.37. The molecule has 0 heterocycles. The number of aryl methyl sites for hydroxylation is 1. The third-order valence-corrected chi connectivity index (χ3v) is 4.42. The summed E-state index contributed by atoms with van der Waals surface area (Å²) in [7, 11) is 1.93. The van der Waals surface area contributed by atoms with E-state index in [9.17, 15) is 8.78 Å². The molecule has 0 amide bonds. The zero-order valence-corrected chi connectivity index (χ0v) is 12.5. The van der Waals surface area contributed by atoms with Crippen molar-refractivity contribution in [1.82, 2.24) is 5.32 Å². The van der Waals surface area contributed by atoms with E-state index in [1.165, 1.54) is 11.1 Å². The fourth-order valence-electron chi connectivity index (χ4n) is 3.25. The van der Waals surface area contributed by atoms with Crippen LogP contribution in [0.5, 0.6) is 0 Å². The normalized spacial score (nSPS) is 20.8. The fourth-order valence-corrected chi connectivity index (χ4v) is 3.25. The minimum absolute atomic E-state index is 0.0315. The third-order valence-electron chi connectivity index (χ3n) is 4.42. The van der Waals surface area contributed by atoms with Crippen LogP contribution in [0.2, 0.25) is 0 Å². The minimum atomic E-state index is -2.44. The number of halogens is 2. The predicted octanol–water partition coefficient (Wildman–Crippen LogP) is 4.73. The van der Waals surface area contributed by atoms with E-state index in [1.54, 1.807) is 0 Å². The second-order valence-electron chi connectivity index (χ2n) is 5.95. The van der Waals surface area contributed by atoms with Gasteiger partial charge in [0, 0.05) is 18.9 Å². The van der Waals surface area contributed by atoms with Gasteiger partial charge in [0.2, 0.25) is 5.92 Å². The molecule has 1 fully saturated rings. The van der Waals surface area contributed by atoms with Gasteiger partial charge in [0.25, 0.3) is 0 Å². The van der Waals surface area contributed by atoms with Crippen molar-refractivity contribution < 1.29 is 8.78 Å². The number of rotatable bonds is 5. The maximum absolute atomic E-state index is 13.3. The van der Waals surface area contributed by atoms with E-state index in [0.717, 1.165) is 12.8 Å². The van der Waals surface area contributed by atoms with Crippen LogP contribution in [0.25, 0.3) is 0 Å². The predicted molar refractivity (Wildman–Crippen MR) is 79.1 cm³/mol. The molecule has 0 bridgehead atoms. The zero-order chi connectivity index (χ0) is 14.6. The molecule has 1 aromatic rings. The molecular formula is C17H25F2N. The molecule has 1 unspecified atom stereocenters. The van der Waals surface area contributed by atoms with Gasteiger partial charge in [-0.25, -0.2) is 8.78 Å². The SMILES string of the molecule is CCCc1ccc(C(NC)C2CCC(F)(F)CC2)cc1. The monoisotopic (exact) mass is 281 g/mol. The van der Waals surface area contributed by atoms with Crippen LogP contribution in [0.3, 0.4) is 0 Å². The van der Waals surface area contributed by atoms with Gasteiger partial charge in [0.1, 0.15) is 0 Å². The van der Waals surface area contributed by atoms with E-state index < -0.39 is 5.92 Å². The molecule has 1 nitrogen and oxygen atoms in total. The van der Waals surface area contributed by atoms with Gasteiger partial charge in [-0.1, -0.05) is 37.6 Å².